The number of furan rings is 1. The minimum absolute atomic E-state index is 0.186. The first-order chi connectivity index (χ1) is 14.1. The van der Waals surface area contributed by atoms with E-state index in [0.717, 1.165) is 5.56 Å². The molecule has 0 aliphatic heterocycles. The highest BCUT2D eigenvalue weighted by Crippen LogP contribution is 2.27. The Kier molecular flexibility index (Phi) is 6.52. The number of carbonyl (C=O) groups is 2. The summed E-state index contributed by atoms with van der Waals surface area (Å²) in [6, 6.07) is 15.5. The van der Waals surface area contributed by atoms with Crippen LogP contribution in [0.4, 0.5) is 5.69 Å². The third-order valence-corrected chi connectivity index (χ3v) is 4.30. The summed E-state index contributed by atoms with van der Waals surface area (Å²) in [6.07, 6.45) is 2.09. The Morgan fingerprint density at radius 1 is 0.931 bits per heavy atom. The molecule has 2 amide bonds. The molecule has 150 valence electrons. The molecule has 7 nitrogen and oxygen atoms in total. The summed E-state index contributed by atoms with van der Waals surface area (Å²) in [6.45, 7) is 0.477. The lowest BCUT2D eigenvalue weighted by Gasteiger charge is -2.10. The number of hydrogen-bond donors (Lipinski definition) is 2. The van der Waals surface area contributed by atoms with Crippen LogP contribution >= 0.6 is 0 Å². The number of amides is 2. The fourth-order valence-corrected chi connectivity index (χ4v) is 2.76. The highest BCUT2D eigenvalue weighted by atomic mass is 16.5. The van der Waals surface area contributed by atoms with Crippen molar-refractivity contribution in [1.82, 2.24) is 5.32 Å². The summed E-state index contributed by atoms with van der Waals surface area (Å²) in [7, 11) is 3.18. The van der Waals surface area contributed by atoms with E-state index in [4.69, 9.17) is 13.9 Å². The Balaban J connectivity index is 1.51. The molecular weight excluding hydrogens is 372 g/mol. The first kappa shape index (κ1) is 20.0. The van der Waals surface area contributed by atoms with Crippen molar-refractivity contribution in [1.29, 1.82) is 0 Å². The molecule has 0 bridgehead atoms. The van der Waals surface area contributed by atoms with Crippen molar-refractivity contribution < 1.29 is 23.5 Å². The van der Waals surface area contributed by atoms with Gasteiger partial charge in [-0.25, -0.2) is 0 Å². The van der Waals surface area contributed by atoms with Gasteiger partial charge in [0.25, 0.3) is 11.8 Å². The van der Waals surface area contributed by atoms with Gasteiger partial charge in [0.1, 0.15) is 0 Å². The molecule has 1 aromatic heterocycles. The van der Waals surface area contributed by atoms with Crippen molar-refractivity contribution in [3.8, 4) is 11.5 Å². The van der Waals surface area contributed by atoms with Crippen LogP contribution in [0, 0.1) is 0 Å². The summed E-state index contributed by atoms with van der Waals surface area (Å²) in [4.78, 5) is 24.3. The number of rotatable bonds is 8. The average Bonchev–Trinajstić information content (AvgIpc) is 3.29. The SMILES string of the molecule is COc1ccc(CCNC(=O)c2ccc(NC(=O)c3ccco3)cc2)cc1OC. The van der Waals surface area contributed by atoms with Crippen molar-refractivity contribution >= 4 is 17.5 Å². The lowest BCUT2D eigenvalue weighted by atomic mass is 10.1. The number of methoxy groups -OCH3 is 2. The zero-order valence-electron chi connectivity index (χ0n) is 16.2. The minimum atomic E-state index is -0.345. The van der Waals surface area contributed by atoms with Gasteiger partial charge in [-0.1, -0.05) is 6.07 Å². The van der Waals surface area contributed by atoms with E-state index >= 15 is 0 Å². The standard InChI is InChI=1S/C22H22N2O5/c1-27-18-10-5-15(14-20(18)28-2)11-12-23-21(25)16-6-8-17(9-7-16)24-22(26)19-4-3-13-29-19/h3-10,13-14H,11-12H2,1-2H3,(H,23,25)(H,24,26). The fourth-order valence-electron chi connectivity index (χ4n) is 2.76. The number of anilines is 1. The molecule has 7 heteroatoms. The Morgan fingerprint density at radius 2 is 1.69 bits per heavy atom. The molecule has 2 aromatic carbocycles. The summed E-state index contributed by atoms with van der Waals surface area (Å²) in [5.41, 5.74) is 2.11. The van der Waals surface area contributed by atoms with Gasteiger partial charge in [0.15, 0.2) is 17.3 Å². The minimum Gasteiger partial charge on any atom is -0.493 e. The van der Waals surface area contributed by atoms with Crippen LogP contribution < -0.4 is 20.1 Å². The molecule has 0 spiro atoms. The zero-order valence-corrected chi connectivity index (χ0v) is 16.2. The topological polar surface area (TPSA) is 89.8 Å². The zero-order chi connectivity index (χ0) is 20.6. The molecule has 2 N–H and O–H groups in total. The van der Waals surface area contributed by atoms with Gasteiger partial charge in [-0.2, -0.15) is 0 Å². The van der Waals surface area contributed by atoms with Crippen molar-refractivity contribution in [3.63, 3.8) is 0 Å². The summed E-state index contributed by atoms with van der Waals surface area (Å²) >= 11 is 0. The predicted octanol–water partition coefficient (Wildman–Crippen LogP) is 3.52. The van der Waals surface area contributed by atoms with Crippen LogP contribution in [0.3, 0.4) is 0 Å². The molecule has 0 radical (unpaired) electrons. The van der Waals surface area contributed by atoms with Gasteiger partial charge in [-0.05, 0) is 60.5 Å². The smallest absolute Gasteiger partial charge is 0.291 e. The number of ether oxygens (including phenoxy) is 2. The van der Waals surface area contributed by atoms with Crippen LogP contribution in [0.1, 0.15) is 26.5 Å². The largest absolute Gasteiger partial charge is 0.493 e. The maximum absolute atomic E-state index is 12.3. The number of hydrogen-bond acceptors (Lipinski definition) is 5. The van der Waals surface area contributed by atoms with E-state index in [1.807, 2.05) is 18.2 Å². The Hall–Kier alpha value is -3.74. The second-order valence-corrected chi connectivity index (χ2v) is 6.20. The summed E-state index contributed by atoms with van der Waals surface area (Å²) < 4.78 is 15.6. The second kappa shape index (κ2) is 9.45. The van der Waals surface area contributed by atoms with Gasteiger partial charge >= 0.3 is 0 Å². The van der Waals surface area contributed by atoms with Crippen molar-refractivity contribution in [2.75, 3.05) is 26.1 Å². The number of benzene rings is 2. The third kappa shape index (κ3) is 5.16. The monoisotopic (exact) mass is 394 g/mol. The molecule has 3 rings (SSSR count). The van der Waals surface area contributed by atoms with Crippen LogP contribution in [-0.2, 0) is 6.42 Å². The molecule has 0 aliphatic carbocycles. The first-order valence-corrected chi connectivity index (χ1v) is 9.04. The van der Waals surface area contributed by atoms with E-state index in [9.17, 15) is 9.59 Å². The normalized spacial score (nSPS) is 10.3. The molecule has 3 aromatic rings. The average molecular weight is 394 g/mol. The van der Waals surface area contributed by atoms with Crippen molar-refractivity contribution in [3.05, 3.63) is 77.7 Å². The molecule has 29 heavy (non-hydrogen) atoms. The molecule has 0 unspecified atom stereocenters. The van der Waals surface area contributed by atoms with Crippen LogP contribution in [0.25, 0.3) is 0 Å². The first-order valence-electron chi connectivity index (χ1n) is 9.04. The van der Waals surface area contributed by atoms with E-state index in [-0.39, 0.29) is 17.6 Å². The maximum atomic E-state index is 12.3. The Labute approximate surface area is 168 Å². The molecule has 0 aliphatic rings. The highest BCUT2D eigenvalue weighted by molar-refractivity contribution is 6.02. The van der Waals surface area contributed by atoms with Crippen molar-refractivity contribution in [2.24, 2.45) is 0 Å². The molecule has 0 atom stereocenters. The van der Waals surface area contributed by atoms with E-state index < -0.39 is 0 Å². The van der Waals surface area contributed by atoms with E-state index in [1.54, 1.807) is 50.6 Å². The van der Waals surface area contributed by atoms with E-state index in [1.165, 1.54) is 6.26 Å². The lowest BCUT2D eigenvalue weighted by molar-refractivity contribution is 0.0953. The predicted molar refractivity (Wildman–Crippen MR) is 109 cm³/mol. The highest BCUT2D eigenvalue weighted by Gasteiger charge is 2.10. The second-order valence-electron chi connectivity index (χ2n) is 6.20. The van der Waals surface area contributed by atoms with Gasteiger partial charge in [-0.3, -0.25) is 9.59 Å². The van der Waals surface area contributed by atoms with E-state index in [0.29, 0.717) is 35.7 Å². The van der Waals surface area contributed by atoms with Gasteiger partial charge in [0.2, 0.25) is 0 Å². The molecule has 0 fully saturated rings. The molecule has 1 heterocycles. The van der Waals surface area contributed by atoms with Crippen molar-refractivity contribution in [2.45, 2.75) is 6.42 Å². The van der Waals surface area contributed by atoms with Gasteiger partial charge in [0, 0.05) is 17.8 Å². The quantitative estimate of drug-likeness (QED) is 0.610. The molecule has 0 saturated carbocycles. The lowest BCUT2D eigenvalue weighted by Crippen LogP contribution is -2.25. The Morgan fingerprint density at radius 3 is 2.34 bits per heavy atom. The fraction of sp³-hybridized carbons (Fsp3) is 0.182. The van der Waals surface area contributed by atoms with Crippen LogP contribution in [0.15, 0.2) is 65.3 Å². The number of carbonyl (C=O) groups excluding carboxylic acids is 2. The Bertz CT molecular complexity index is 965. The van der Waals surface area contributed by atoms with Gasteiger partial charge in [0.05, 0.1) is 20.5 Å². The van der Waals surface area contributed by atoms with Gasteiger partial charge < -0.3 is 24.5 Å². The van der Waals surface area contributed by atoms with Gasteiger partial charge in [-0.15, -0.1) is 0 Å². The molecule has 0 saturated heterocycles. The van der Waals surface area contributed by atoms with Crippen LogP contribution in [-0.4, -0.2) is 32.6 Å². The van der Waals surface area contributed by atoms with Crippen LogP contribution in [0.2, 0.25) is 0 Å². The third-order valence-electron chi connectivity index (χ3n) is 4.30. The number of nitrogens with one attached hydrogen (secondary N) is 2. The summed E-state index contributed by atoms with van der Waals surface area (Å²) in [5, 5.41) is 5.59. The summed E-state index contributed by atoms with van der Waals surface area (Å²) in [5.74, 6) is 1.02. The molecular formula is C22H22N2O5. The maximum Gasteiger partial charge on any atom is 0.291 e. The van der Waals surface area contributed by atoms with E-state index in [2.05, 4.69) is 10.6 Å². The van der Waals surface area contributed by atoms with Crippen LogP contribution in [0.5, 0.6) is 11.5 Å².